The third-order valence-electron chi connectivity index (χ3n) is 2.38. The summed E-state index contributed by atoms with van der Waals surface area (Å²) in [5.41, 5.74) is 0.532. The Hall–Kier alpha value is -1.15. The second kappa shape index (κ2) is 8.63. The molecule has 0 amide bonds. The van der Waals surface area contributed by atoms with Crippen LogP contribution in [0.5, 0.6) is 0 Å². The van der Waals surface area contributed by atoms with Crippen LogP contribution in [-0.4, -0.2) is 27.0 Å². The van der Waals surface area contributed by atoms with E-state index in [-0.39, 0.29) is 4.91 Å². The molecule has 0 spiro atoms. The molecule has 1 aromatic rings. The Kier molecular flexibility index (Phi) is 6.83. The van der Waals surface area contributed by atoms with Crippen LogP contribution < -0.4 is 25.9 Å². The van der Waals surface area contributed by atoms with Gasteiger partial charge in [-0.15, -0.1) is 0 Å². The third kappa shape index (κ3) is 5.46. The second-order valence-corrected chi connectivity index (χ2v) is 10.4. The Labute approximate surface area is 154 Å². The first kappa shape index (κ1) is 18.2. The summed E-state index contributed by atoms with van der Waals surface area (Å²) in [5, 5.41) is 7.05. The van der Waals surface area contributed by atoms with E-state index in [1.807, 2.05) is 8.23 Å². The second-order valence-electron chi connectivity index (χ2n) is 3.99. The van der Waals surface area contributed by atoms with E-state index in [4.69, 9.17) is 4.52 Å². The van der Waals surface area contributed by atoms with Crippen LogP contribution >= 0.6 is 20.7 Å². The molecular weight excluding hydrogens is 546 g/mol. The van der Waals surface area contributed by atoms with Gasteiger partial charge in [0.25, 0.3) is 0 Å². The maximum absolute atomic E-state index is 12.4. The van der Waals surface area contributed by atoms with Crippen molar-refractivity contribution in [2.24, 2.45) is 4.99 Å². The third-order valence-corrected chi connectivity index (χ3v) is 7.81. The molecule has 0 fully saturated rings. The van der Waals surface area contributed by atoms with Crippen molar-refractivity contribution < 1.29 is 34.1 Å². The van der Waals surface area contributed by atoms with Gasteiger partial charge in [-0.3, -0.25) is 0 Å². The Balaban J connectivity index is 2.24. The minimum absolute atomic E-state index is 0.211. The van der Waals surface area contributed by atoms with Crippen LogP contribution in [0.3, 0.4) is 0 Å². The summed E-state index contributed by atoms with van der Waals surface area (Å²) < 4.78 is 37.4. The van der Waals surface area contributed by atoms with Crippen molar-refractivity contribution >= 4 is 39.0 Å². The quantitative estimate of drug-likeness (QED) is 0.260. The number of hydrogen-bond acceptors (Lipinski definition) is 6. The molecule has 0 aromatic carbocycles. The van der Waals surface area contributed by atoms with Crippen LogP contribution in [-0.2, 0) is 10.0 Å². The van der Waals surface area contributed by atoms with E-state index in [1.165, 1.54) is 19.2 Å². The Bertz CT molecular complexity index is 821. The van der Waals surface area contributed by atoms with Gasteiger partial charge in [0.05, 0.1) is 0 Å². The van der Waals surface area contributed by atoms with Gasteiger partial charge in [0.2, 0.25) is 0 Å². The van der Waals surface area contributed by atoms with Crippen molar-refractivity contribution in [1.82, 2.24) is 15.1 Å². The maximum atomic E-state index is 12.4. The summed E-state index contributed by atoms with van der Waals surface area (Å²) >= 11 is -1.18. The average molecular weight is 559 g/mol. The molecule has 0 unspecified atom stereocenters. The average Bonchev–Trinajstić information content (AvgIpc) is 3.02. The number of halogens is 2. The van der Waals surface area contributed by atoms with E-state index >= 15 is 0 Å². The number of aromatic nitrogens is 2. The zero-order valence-electron chi connectivity index (χ0n) is 12.0. The van der Waals surface area contributed by atoms with Gasteiger partial charge in [-0.25, -0.2) is 0 Å². The standard InChI is InChI=1S/C13H13I2N4O3S/c1-3-4-5-6-10(2)23(20,21)18-11-7-14-9-16-13(11)15-12-8-17-19-22-12/h3-9,18H,1H2,2H3/q-1/b5-4-,10-6+. The predicted octanol–water partition coefficient (Wildman–Crippen LogP) is -1.12. The van der Waals surface area contributed by atoms with E-state index in [1.54, 1.807) is 18.2 Å². The van der Waals surface area contributed by atoms with Crippen LogP contribution in [0.25, 0.3) is 0 Å². The fourth-order valence-electron chi connectivity index (χ4n) is 1.29. The van der Waals surface area contributed by atoms with Crippen molar-refractivity contribution in [3.05, 3.63) is 55.2 Å². The predicted molar refractivity (Wildman–Crippen MR) is 93.7 cm³/mol. The van der Waals surface area contributed by atoms with Crippen molar-refractivity contribution in [3.63, 3.8) is 0 Å². The zero-order valence-corrected chi connectivity index (χ0v) is 17.1. The molecule has 2 heterocycles. The normalized spacial score (nSPS) is 16.0. The fraction of sp³-hybridized carbons (Fsp3) is 0.0769. The van der Waals surface area contributed by atoms with E-state index < -0.39 is 52.0 Å². The molecule has 0 saturated heterocycles. The van der Waals surface area contributed by atoms with Gasteiger partial charge >= 0.3 is 155 Å². The molecule has 124 valence electrons. The van der Waals surface area contributed by atoms with Crippen molar-refractivity contribution in [1.29, 1.82) is 0 Å². The molecule has 1 aliphatic heterocycles. The molecule has 2 rings (SSSR count). The van der Waals surface area contributed by atoms with Crippen molar-refractivity contribution in [3.8, 4) is 0 Å². The minimum atomic E-state index is -3.62. The number of hydrogen-bond donors (Lipinski definition) is 1. The van der Waals surface area contributed by atoms with Gasteiger partial charge in [-0.1, -0.05) is 0 Å². The van der Waals surface area contributed by atoms with Crippen LogP contribution in [0, 0.1) is 3.77 Å². The first-order valence-electron chi connectivity index (χ1n) is 6.16. The molecule has 0 aliphatic carbocycles. The molecule has 7 nitrogen and oxygen atoms in total. The van der Waals surface area contributed by atoms with E-state index in [0.29, 0.717) is 13.2 Å². The van der Waals surface area contributed by atoms with Gasteiger partial charge in [-0.2, -0.15) is 0 Å². The number of nitrogens with one attached hydrogen (secondary N) is 1. The van der Waals surface area contributed by atoms with Gasteiger partial charge < -0.3 is 0 Å². The summed E-state index contributed by atoms with van der Waals surface area (Å²) in [5.74, 6) is 0. The Morgan fingerprint density at radius 1 is 1.48 bits per heavy atom. The van der Waals surface area contributed by atoms with Gasteiger partial charge in [0.15, 0.2) is 0 Å². The molecule has 23 heavy (non-hydrogen) atoms. The van der Waals surface area contributed by atoms with E-state index in [2.05, 4.69) is 26.7 Å². The molecular formula is C13H13I2N4O3S-. The molecule has 10 heteroatoms. The van der Waals surface area contributed by atoms with Crippen LogP contribution in [0.2, 0.25) is 0 Å². The summed E-state index contributed by atoms with van der Waals surface area (Å²) in [6, 6.07) is 0. The monoisotopic (exact) mass is 559 g/mol. The summed E-state index contributed by atoms with van der Waals surface area (Å²) in [6.45, 7) is 5.07. The molecule has 1 N–H and O–H groups in total. The molecule has 1 aliphatic rings. The van der Waals surface area contributed by atoms with Gasteiger partial charge in [-0.05, 0) is 0 Å². The fourth-order valence-corrected chi connectivity index (χ4v) is 6.90. The van der Waals surface area contributed by atoms with Crippen molar-refractivity contribution in [2.45, 2.75) is 6.92 Å². The molecule has 1 aromatic heterocycles. The topological polar surface area (TPSA) is 97.5 Å². The molecule has 0 saturated carbocycles. The first-order chi connectivity index (χ1) is 11.0. The summed E-state index contributed by atoms with van der Waals surface area (Å²) in [4.78, 5) is 4.55. The number of sulfonamides is 1. The van der Waals surface area contributed by atoms with Crippen LogP contribution in [0.1, 0.15) is 6.92 Å². The zero-order chi connectivity index (χ0) is 16.7. The number of rotatable bonds is 7. The van der Waals surface area contributed by atoms with Crippen LogP contribution in [0.4, 0.5) is 0 Å². The molecule has 0 radical (unpaired) electrons. The van der Waals surface area contributed by atoms with E-state index in [9.17, 15) is 8.42 Å². The number of nitrogens with zero attached hydrogens (tertiary/aromatic N) is 3. The first-order valence-corrected chi connectivity index (χ1v) is 12.3. The van der Waals surface area contributed by atoms with E-state index in [0.717, 1.165) is 0 Å². The number of allylic oxidation sites excluding steroid dienone is 6. The number of aliphatic imine (C=N–C) groups is 1. The SMILES string of the molecule is C=C/C=C\C=C(/C)S(=O)(=O)NC1=C([I-]c2cnno2)N=CI=C1. The van der Waals surface area contributed by atoms with Gasteiger partial charge in [0.1, 0.15) is 0 Å². The molecule has 0 atom stereocenters. The van der Waals surface area contributed by atoms with Crippen LogP contribution in [0.15, 0.2) is 60.9 Å². The summed E-state index contributed by atoms with van der Waals surface area (Å²) in [6.07, 6.45) is 7.90. The summed E-state index contributed by atoms with van der Waals surface area (Å²) in [7, 11) is -3.62. The van der Waals surface area contributed by atoms with Crippen molar-refractivity contribution in [2.75, 3.05) is 0 Å². The van der Waals surface area contributed by atoms with Gasteiger partial charge in [0, 0.05) is 0 Å². The Morgan fingerprint density at radius 2 is 2.30 bits per heavy atom. The Morgan fingerprint density at radius 3 is 3.00 bits per heavy atom. The molecule has 0 bridgehead atoms.